The molecule has 2 heterocycles. The molecule has 9 heteroatoms. The van der Waals surface area contributed by atoms with Gasteiger partial charge in [-0.25, -0.2) is 4.79 Å². The Balaban J connectivity index is 1.83. The number of anilines is 1. The molecule has 0 spiro atoms. The number of carbonyl (C=O) groups excluding carboxylic acids is 3. The van der Waals surface area contributed by atoms with Crippen molar-refractivity contribution in [1.29, 1.82) is 0 Å². The number of amides is 2. The van der Waals surface area contributed by atoms with Gasteiger partial charge in [-0.2, -0.15) is 0 Å². The number of nitrogens with zero attached hydrogens (tertiary/aromatic N) is 1. The molecule has 140 valence electrons. The Morgan fingerprint density at radius 1 is 1.12 bits per heavy atom. The van der Waals surface area contributed by atoms with Crippen LogP contribution in [0.3, 0.4) is 0 Å². The molecule has 2 aromatic heterocycles. The maximum absolute atomic E-state index is 12.2. The minimum absolute atomic E-state index is 0.0549. The number of carbonyl (C=O) groups is 3. The van der Waals surface area contributed by atoms with E-state index >= 15 is 0 Å². The number of methoxy groups -OCH3 is 1. The van der Waals surface area contributed by atoms with Crippen LogP contribution in [-0.4, -0.2) is 49.4 Å². The van der Waals surface area contributed by atoms with Gasteiger partial charge in [0.1, 0.15) is 4.88 Å². The van der Waals surface area contributed by atoms with E-state index in [1.165, 1.54) is 18.4 Å². The summed E-state index contributed by atoms with van der Waals surface area (Å²) in [6, 6.07) is 5.54. The van der Waals surface area contributed by atoms with Gasteiger partial charge in [0.05, 0.1) is 32.4 Å². The molecule has 0 saturated carbocycles. The first-order chi connectivity index (χ1) is 12.5. The third-order valence-electron chi connectivity index (χ3n) is 3.53. The third kappa shape index (κ3) is 5.94. The van der Waals surface area contributed by atoms with Crippen LogP contribution < -0.4 is 10.6 Å². The number of hydrogen-bond acceptors (Lipinski definition) is 7. The summed E-state index contributed by atoms with van der Waals surface area (Å²) >= 11 is 2.78. The second-order valence-electron chi connectivity index (χ2n) is 5.36. The van der Waals surface area contributed by atoms with E-state index in [2.05, 4.69) is 15.4 Å². The zero-order chi connectivity index (χ0) is 18.9. The monoisotopic (exact) mass is 395 g/mol. The van der Waals surface area contributed by atoms with Crippen molar-refractivity contribution < 1.29 is 19.1 Å². The lowest BCUT2D eigenvalue weighted by atomic mass is 10.3. The molecule has 0 saturated heterocycles. The van der Waals surface area contributed by atoms with Crippen LogP contribution in [0.15, 0.2) is 29.0 Å². The van der Waals surface area contributed by atoms with E-state index in [4.69, 9.17) is 0 Å². The average molecular weight is 396 g/mol. The standard InChI is InChI=1S/C17H21N3O4S2/c1-3-20(10-14(21)18-9-12-5-4-7-25-12)11-15(22)19-13-6-8-26-16(13)17(23)24-2/h4-8H,3,9-11H2,1-2H3,(H,18,21)(H,19,22). The van der Waals surface area contributed by atoms with Crippen molar-refractivity contribution in [2.45, 2.75) is 13.5 Å². The van der Waals surface area contributed by atoms with Crippen LogP contribution in [-0.2, 0) is 20.9 Å². The Morgan fingerprint density at radius 2 is 1.88 bits per heavy atom. The van der Waals surface area contributed by atoms with E-state index in [0.29, 0.717) is 23.7 Å². The van der Waals surface area contributed by atoms with Crippen molar-refractivity contribution in [2.75, 3.05) is 32.1 Å². The van der Waals surface area contributed by atoms with Gasteiger partial charge in [-0.3, -0.25) is 14.5 Å². The Kier molecular flexibility index (Phi) is 7.76. The first kappa shape index (κ1) is 20.1. The van der Waals surface area contributed by atoms with Gasteiger partial charge >= 0.3 is 5.97 Å². The zero-order valence-electron chi connectivity index (χ0n) is 14.6. The number of rotatable bonds is 9. The van der Waals surface area contributed by atoms with Gasteiger partial charge in [0.25, 0.3) is 0 Å². The van der Waals surface area contributed by atoms with Gasteiger partial charge in [-0.05, 0) is 29.4 Å². The van der Waals surface area contributed by atoms with Gasteiger partial charge < -0.3 is 15.4 Å². The lowest BCUT2D eigenvalue weighted by Gasteiger charge is -2.19. The fourth-order valence-electron chi connectivity index (χ4n) is 2.19. The maximum atomic E-state index is 12.2. The molecular weight excluding hydrogens is 374 g/mol. The Morgan fingerprint density at radius 3 is 2.54 bits per heavy atom. The largest absolute Gasteiger partial charge is 0.465 e. The quantitative estimate of drug-likeness (QED) is 0.636. The van der Waals surface area contributed by atoms with E-state index in [1.807, 2.05) is 24.4 Å². The smallest absolute Gasteiger partial charge is 0.350 e. The van der Waals surface area contributed by atoms with Crippen LogP contribution in [0.25, 0.3) is 0 Å². The number of hydrogen-bond donors (Lipinski definition) is 2. The topological polar surface area (TPSA) is 87.7 Å². The molecule has 2 aromatic rings. The Labute approximate surface area is 160 Å². The van der Waals surface area contributed by atoms with Crippen molar-refractivity contribution in [3.05, 3.63) is 38.7 Å². The van der Waals surface area contributed by atoms with Gasteiger partial charge in [0, 0.05) is 4.88 Å². The predicted octanol–water partition coefficient (Wildman–Crippen LogP) is 2.17. The molecule has 26 heavy (non-hydrogen) atoms. The summed E-state index contributed by atoms with van der Waals surface area (Å²) in [6.45, 7) is 3.09. The SMILES string of the molecule is CCN(CC(=O)NCc1cccs1)CC(=O)Nc1ccsc1C(=O)OC. The highest BCUT2D eigenvalue weighted by Crippen LogP contribution is 2.23. The molecule has 2 N–H and O–H groups in total. The fourth-order valence-corrected chi connectivity index (χ4v) is 3.60. The zero-order valence-corrected chi connectivity index (χ0v) is 16.2. The minimum Gasteiger partial charge on any atom is -0.465 e. The first-order valence-corrected chi connectivity index (χ1v) is 9.76. The van der Waals surface area contributed by atoms with E-state index in [0.717, 1.165) is 4.88 Å². The molecule has 0 atom stereocenters. The number of nitrogens with one attached hydrogen (secondary N) is 2. The summed E-state index contributed by atoms with van der Waals surface area (Å²) in [6.07, 6.45) is 0. The summed E-state index contributed by atoms with van der Waals surface area (Å²) in [7, 11) is 1.29. The molecule has 0 aliphatic heterocycles. The number of thiophene rings is 2. The third-order valence-corrected chi connectivity index (χ3v) is 5.30. The van der Waals surface area contributed by atoms with E-state index in [1.54, 1.807) is 27.7 Å². The molecule has 0 unspecified atom stereocenters. The van der Waals surface area contributed by atoms with Crippen molar-refractivity contribution in [3.8, 4) is 0 Å². The number of likely N-dealkylation sites (N-methyl/N-ethyl adjacent to an activating group) is 1. The van der Waals surface area contributed by atoms with Crippen LogP contribution >= 0.6 is 22.7 Å². The molecule has 0 radical (unpaired) electrons. The first-order valence-electron chi connectivity index (χ1n) is 8.00. The molecule has 0 aliphatic rings. The predicted molar refractivity (Wildman–Crippen MR) is 103 cm³/mol. The molecule has 2 amide bonds. The fraction of sp³-hybridized carbons (Fsp3) is 0.353. The van der Waals surface area contributed by atoms with Gasteiger partial charge in [-0.15, -0.1) is 22.7 Å². The lowest BCUT2D eigenvalue weighted by molar-refractivity contribution is -0.123. The average Bonchev–Trinajstić information content (AvgIpc) is 3.30. The Hall–Kier alpha value is -2.23. The van der Waals surface area contributed by atoms with Crippen molar-refractivity contribution >= 4 is 46.1 Å². The summed E-state index contributed by atoms with van der Waals surface area (Å²) < 4.78 is 4.69. The van der Waals surface area contributed by atoms with Crippen LogP contribution in [0.5, 0.6) is 0 Å². The maximum Gasteiger partial charge on any atom is 0.350 e. The van der Waals surface area contributed by atoms with Gasteiger partial charge in [-0.1, -0.05) is 13.0 Å². The normalized spacial score (nSPS) is 10.6. The molecule has 0 fully saturated rings. The van der Waals surface area contributed by atoms with Crippen molar-refractivity contribution in [2.24, 2.45) is 0 Å². The van der Waals surface area contributed by atoms with Gasteiger partial charge in [0.2, 0.25) is 11.8 Å². The number of esters is 1. The summed E-state index contributed by atoms with van der Waals surface area (Å²) in [5, 5.41) is 9.20. The van der Waals surface area contributed by atoms with Gasteiger partial charge in [0.15, 0.2) is 0 Å². The Bertz CT molecular complexity index is 743. The van der Waals surface area contributed by atoms with Crippen molar-refractivity contribution in [3.63, 3.8) is 0 Å². The highest BCUT2D eigenvalue weighted by atomic mass is 32.1. The minimum atomic E-state index is -0.490. The number of ether oxygens (including phenoxy) is 1. The second-order valence-corrected chi connectivity index (χ2v) is 7.31. The summed E-state index contributed by atoms with van der Waals surface area (Å²) in [5.74, 6) is -0.920. The van der Waals surface area contributed by atoms with Crippen LogP contribution in [0, 0.1) is 0 Å². The molecule has 0 aliphatic carbocycles. The second kappa shape index (κ2) is 10.0. The van der Waals surface area contributed by atoms with Crippen LogP contribution in [0.1, 0.15) is 21.5 Å². The molecule has 0 aromatic carbocycles. The van der Waals surface area contributed by atoms with E-state index < -0.39 is 5.97 Å². The lowest BCUT2D eigenvalue weighted by Crippen LogP contribution is -2.40. The molecule has 7 nitrogen and oxygen atoms in total. The molecular formula is C17H21N3O4S2. The van der Waals surface area contributed by atoms with E-state index in [-0.39, 0.29) is 24.9 Å². The molecule has 0 bridgehead atoms. The van der Waals surface area contributed by atoms with E-state index in [9.17, 15) is 14.4 Å². The highest BCUT2D eigenvalue weighted by Gasteiger charge is 2.18. The van der Waals surface area contributed by atoms with Crippen LogP contribution in [0.4, 0.5) is 5.69 Å². The van der Waals surface area contributed by atoms with Crippen molar-refractivity contribution in [1.82, 2.24) is 10.2 Å². The van der Waals surface area contributed by atoms with Crippen LogP contribution in [0.2, 0.25) is 0 Å². The highest BCUT2D eigenvalue weighted by molar-refractivity contribution is 7.12. The summed E-state index contributed by atoms with van der Waals surface area (Å²) in [5.41, 5.74) is 0.421. The molecule has 2 rings (SSSR count). The summed E-state index contributed by atoms with van der Waals surface area (Å²) in [4.78, 5) is 39.1.